The first-order valence-electron chi connectivity index (χ1n) is 8.14. The summed E-state index contributed by atoms with van der Waals surface area (Å²) < 4.78 is 2.13. The zero-order chi connectivity index (χ0) is 14.6. The molecule has 1 aromatic rings. The van der Waals surface area contributed by atoms with Crippen molar-refractivity contribution in [2.45, 2.75) is 77.8 Å². The highest BCUT2D eigenvalue weighted by Crippen LogP contribution is 2.37. The minimum absolute atomic E-state index is 0.198. The van der Waals surface area contributed by atoms with Crippen LogP contribution in [0, 0.1) is 5.92 Å². The zero-order valence-electron chi connectivity index (χ0n) is 13.5. The van der Waals surface area contributed by atoms with Crippen molar-refractivity contribution in [1.82, 2.24) is 20.3 Å². The normalized spacial score (nSPS) is 24.0. The lowest BCUT2D eigenvalue weighted by atomic mass is 9.77. The maximum Gasteiger partial charge on any atom is 0.0728 e. The Morgan fingerprint density at radius 1 is 1.30 bits per heavy atom. The van der Waals surface area contributed by atoms with Crippen LogP contribution in [-0.4, -0.2) is 27.1 Å². The van der Waals surface area contributed by atoms with E-state index in [-0.39, 0.29) is 5.54 Å². The van der Waals surface area contributed by atoms with E-state index < -0.39 is 0 Å². The lowest BCUT2D eigenvalue weighted by Gasteiger charge is -2.34. The van der Waals surface area contributed by atoms with Gasteiger partial charge >= 0.3 is 0 Å². The zero-order valence-corrected chi connectivity index (χ0v) is 13.5. The molecule has 2 rings (SSSR count). The number of nitrogens with zero attached hydrogens (tertiary/aromatic N) is 3. The summed E-state index contributed by atoms with van der Waals surface area (Å²) in [6.45, 7) is 11.0. The lowest BCUT2D eigenvalue weighted by molar-refractivity contribution is 0.260. The Labute approximate surface area is 123 Å². The molecule has 0 aliphatic heterocycles. The smallest absolute Gasteiger partial charge is 0.0728 e. The highest BCUT2D eigenvalue weighted by atomic mass is 15.4. The Balaban J connectivity index is 2.08. The molecule has 1 aliphatic carbocycles. The lowest BCUT2D eigenvalue weighted by Crippen LogP contribution is -2.41. The van der Waals surface area contributed by atoms with Crippen LogP contribution >= 0.6 is 0 Å². The largest absolute Gasteiger partial charge is 0.312 e. The van der Waals surface area contributed by atoms with Gasteiger partial charge in [-0.3, -0.25) is 0 Å². The molecule has 2 atom stereocenters. The van der Waals surface area contributed by atoms with E-state index in [0.717, 1.165) is 25.4 Å². The third-order valence-electron chi connectivity index (χ3n) is 4.27. The molecule has 1 aromatic heterocycles. The molecule has 0 bridgehead atoms. The summed E-state index contributed by atoms with van der Waals surface area (Å²) in [5.74, 6) is 1.34. The Hall–Kier alpha value is -0.900. The van der Waals surface area contributed by atoms with Crippen molar-refractivity contribution in [2.75, 3.05) is 6.54 Å². The van der Waals surface area contributed by atoms with Crippen LogP contribution in [0.25, 0.3) is 0 Å². The molecule has 4 nitrogen and oxygen atoms in total. The first-order chi connectivity index (χ1) is 9.51. The standard InChI is InChI=1S/C16H30N4/c1-5-10-20-15(12-18-19-20)14-9-7-6-8-13(14)11-17-16(2,3)4/h12-14,17H,5-11H2,1-4H3. The summed E-state index contributed by atoms with van der Waals surface area (Å²) in [6, 6.07) is 0. The minimum Gasteiger partial charge on any atom is -0.312 e. The van der Waals surface area contributed by atoms with Crippen LogP contribution in [-0.2, 0) is 6.54 Å². The number of aryl methyl sites for hydroxylation is 1. The van der Waals surface area contributed by atoms with Crippen LogP contribution in [0.3, 0.4) is 0 Å². The summed E-state index contributed by atoms with van der Waals surface area (Å²) in [5.41, 5.74) is 1.55. The highest BCUT2D eigenvalue weighted by molar-refractivity contribution is 5.07. The highest BCUT2D eigenvalue weighted by Gasteiger charge is 2.29. The molecule has 1 saturated carbocycles. The van der Waals surface area contributed by atoms with Gasteiger partial charge in [-0.25, -0.2) is 4.68 Å². The number of aromatic nitrogens is 3. The van der Waals surface area contributed by atoms with E-state index in [1.165, 1.54) is 31.4 Å². The van der Waals surface area contributed by atoms with Crippen LogP contribution in [0.5, 0.6) is 0 Å². The van der Waals surface area contributed by atoms with Crippen molar-refractivity contribution in [3.05, 3.63) is 11.9 Å². The molecule has 2 unspecified atom stereocenters. The van der Waals surface area contributed by atoms with Gasteiger partial charge in [-0.2, -0.15) is 0 Å². The van der Waals surface area contributed by atoms with Crippen LogP contribution in [0.4, 0.5) is 0 Å². The van der Waals surface area contributed by atoms with Gasteiger partial charge < -0.3 is 5.32 Å². The molecule has 1 aliphatic rings. The fraction of sp³-hybridized carbons (Fsp3) is 0.875. The van der Waals surface area contributed by atoms with E-state index in [1.54, 1.807) is 0 Å². The van der Waals surface area contributed by atoms with Gasteiger partial charge in [0.1, 0.15) is 0 Å². The van der Waals surface area contributed by atoms with E-state index in [2.05, 4.69) is 48.0 Å². The van der Waals surface area contributed by atoms with Gasteiger partial charge in [0.25, 0.3) is 0 Å². The fourth-order valence-corrected chi connectivity index (χ4v) is 3.22. The maximum atomic E-state index is 4.27. The molecule has 0 radical (unpaired) electrons. The van der Waals surface area contributed by atoms with Crippen molar-refractivity contribution in [2.24, 2.45) is 5.92 Å². The molecule has 4 heteroatoms. The van der Waals surface area contributed by atoms with Crippen LogP contribution in [0.2, 0.25) is 0 Å². The van der Waals surface area contributed by atoms with Gasteiger partial charge in [-0.05, 0) is 52.5 Å². The SMILES string of the molecule is CCCn1nncc1C1CCCCC1CNC(C)(C)C. The van der Waals surface area contributed by atoms with E-state index in [1.807, 2.05) is 6.20 Å². The average molecular weight is 278 g/mol. The van der Waals surface area contributed by atoms with Gasteiger partial charge in [0, 0.05) is 18.0 Å². The second-order valence-electron chi connectivity index (χ2n) is 7.16. The predicted octanol–water partition coefficient (Wildman–Crippen LogP) is 3.35. The molecule has 1 fully saturated rings. The Morgan fingerprint density at radius 2 is 2.05 bits per heavy atom. The molecular formula is C16H30N4. The Kier molecular flexibility index (Phi) is 5.19. The van der Waals surface area contributed by atoms with E-state index in [0.29, 0.717) is 5.92 Å². The maximum absolute atomic E-state index is 4.27. The topological polar surface area (TPSA) is 42.7 Å². The third kappa shape index (κ3) is 4.05. The fourth-order valence-electron chi connectivity index (χ4n) is 3.22. The molecule has 1 heterocycles. The summed E-state index contributed by atoms with van der Waals surface area (Å²) in [5, 5.41) is 12.1. The van der Waals surface area contributed by atoms with E-state index in [4.69, 9.17) is 0 Å². The number of rotatable bonds is 5. The third-order valence-corrected chi connectivity index (χ3v) is 4.27. The summed E-state index contributed by atoms with van der Waals surface area (Å²) in [6.07, 6.45) is 8.43. The molecule has 0 amide bonds. The van der Waals surface area contributed by atoms with Gasteiger partial charge in [-0.15, -0.1) is 5.10 Å². The second kappa shape index (κ2) is 6.70. The Bertz CT molecular complexity index is 405. The Morgan fingerprint density at radius 3 is 2.75 bits per heavy atom. The van der Waals surface area contributed by atoms with Gasteiger partial charge in [0.2, 0.25) is 0 Å². The molecule has 114 valence electrons. The molecule has 0 aromatic carbocycles. The summed E-state index contributed by atoms with van der Waals surface area (Å²) >= 11 is 0. The van der Waals surface area contributed by atoms with Crippen molar-refractivity contribution < 1.29 is 0 Å². The quantitative estimate of drug-likeness (QED) is 0.898. The number of hydrogen-bond acceptors (Lipinski definition) is 3. The van der Waals surface area contributed by atoms with Gasteiger partial charge in [0.15, 0.2) is 0 Å². The van der Waals surface area contributed by atoms with Crippen molar-refractivity contribution in [3.63, 3.8) is 0 Å². The number of hydrogen-bond donors (Lipinski definition) is 1. The van der Waals surface area contributed by atoms with Crippen molar-refractivity contribution in [3.8, 4) is 0 Å². The van der Waals surface area contributed by atoms with Crippen molar-refractivity contribution in [1.29, 1.82) is 0 Å². The molecule has 0 spiro atoms. The summed E-state index contributed by atoms with van der Waals surface area (Å²) in [4.78, 5) is 0. The second-order valence-corrected chi connectivity index (χ2v) is 7.16. The summed E-state index contributed by atoms with van der Waals surface area (Å²) in [7, 11) is 0. The minimum atomic E-state index is 0.198. The molecule has 20 heavy (non-hydrogen) atoms. The van der Waals surface area contributed by atoms with Crippen LogP contribution < -0.4 is 5.32 Å². The predicted molar refractivity (Wildman–Crippen MR) is 82.8 cm³/mol. The first-order valence-corrected chi connectivity index (χ1v) is 8.14. The van der Waals surface area contributed by atoms with Gasteiger partial charge in [-0.1, -0.05) is 25.0 Å². The van der Waals surface area contributed by atoms with E-state index in [9.17, 15) is 0 Å². The van der Waals surface area contributed by atoms with E-state index >= 15 is 0 Å². The molecule has 1 N–H and O–H groups in total. The average Bonchev–Trinajstić information content (AvgIpc) is 2.84. The monoisotopic (exact) mass is 278 g/mol. The first kappa shape index (κ1) is 15.5. The molecule has 0 saturated heterocycles. The van der Waals surface area contributed by atoms with Crippen LogP contribution in [0.1, 0.15) is 71.4 Å². The molecular weight excluding hydrogens is 248 g/mol. The van der Waals surface area contributed by atoms with Crippen LogP contribution in [0.15, 0.2) is 6.20 Å². The van der Waals surface area contributed by atoms with Crippen molar-refractivity contribution >= 4 is 0 Å². The number of nitrogens with one attached hydrogen (secondary N) is 1. The van der Waals surface area contributed by atoms with Gasteiger partial charge in [0.05, 0.1) is 11.9 Å².